The molecule has 1 saturated carbocycles. The van der Waals surface area contributed by atoms with E-state index in [0.717, 1.165) is 31.7 Å². The molecule has 0 spiro atoms. The van der Waals surface area contributed by atoms with Crippen LogP contribution in [0.4, 0.5) is 11.4 Å². The first-order valence-corrected chi connectivity index (χ1v) is 11.3. The van der Waals surface area contributed by atoms with Crippen molar-refractivity contribution in [2.24, 2.45) is 0 Å². The number of nitro benzene ring substituents is 1. The molecule has 0 atom stereocenters. The van der Waals surface area contributed by atoms with Crippen LogP contribution >= 0.6 is 12.2 Å². The summed E-state index contributed by atoms with van der Waals surface area (Å²) in [5.41, 5.74) is 5.50. The molecule has 0 unspecified atom stereocenters. The van der Waals surface area contributed by atoms with Crippen molar-refractivity contribution in [1.82, 2.24) is 15.0 Å². The molecule has 28 heavy (non-hydrogen) atoms. The Morgan fingerprint density at radius 3 is 2.46 bits per heavy atom. The van der Waals surface area contributed by atoms with Crippen molar-refractivity contribution in [3.63, 3.8) is 0 Å². The first-order chi connectivity index (χ1) is 13.3. The maximum absolute atomic E-state index is 12.9. The van der Waals surface area contributed by atoms with Crippen LogP contribution in [0.15, 0.2) is 23.1 Å². The summed E-state index contributed by atoms with van der Waals surface area (Å²) >= 11 is 5.28. The Balaban J connectivity index is 2.20. The quantitative estimate of drug-likeness (QED) is 0.328. The predicted molar refractivity (Wildman–Crippen MR) is 113 cm³/mol. The smallest absolute Gasteiger partial charge is 0.270 e. The van der Waals surface area contributed by atoms with E-state index < -0.39 is 14.9 Å². The van der Waals surface area contributed by atoms with Gasteiger partial charge in [-0.25, -0.2) is 8.42 Å². The highest BCUT2D eigenvalue weighted by molar-refractivity contribution is 7.89. The number of benzene rings is 1. The molecule has 1 aliphatic rings. The van der Waals surface area contributed by atoms with Crippen molar-refractivity contribution >= 4 is 38.7 Å². The van der Waals surface area contributed by atoms with Crippen molar-refractivity contribution in [1.29, 1.82) is 0 Å². The summed E-state index contributed by atoms with van der Waals surface area (Å²) < 4.78 is 27.1. The van der Waals surface area contributed by atoms with E-state index in [-0.39, 0.29) is 29.4 Å². The summed E-state index contributed by atoms with van der Waals surface area (Å²) in [5, 5.41) is 14.7. The van der Waals surface area contributed by atoms with Crippen LogP contribution in [-0.4, -0.2) is 41.9 Å². The Bertz CT molecular complexity index is 806. The zero-order chi connectivity index (χ0) is 20.7. The summed E-state index contributed by atoms with van der Waals surface area (Å²) in [4.78, 5) is 10.3. The fourth-order valence-electron chi connectivity index (χ4n) is 3.24. The first-order valence-electron chi connectivity index (χ1n) is 9.40. The zero-order valence-corrected chi connectivity index (χ0v) is 17.7. The molecule has 0 radical (unpaired) electrons. The minimum atomic E-state index is -3.90. The second kappa shape index (κ2) is 9.99. The number of nitrogens with zero attached hydrogens (tertiary/aromatic N) is 2. The van der Waals surface area contributed by atoms with Crippen LogP contribution < -0.4 is 16.2 Å². The Hall–Kier alpha value is -1.98. The zero-order valence-electron chi connectivity index (χ0n) is 16.1. The van der Waals surface area contributed by atoms with Crippen molar-refractivity contribution in [3.05, 3.63) is 28.3 Å². The third-order valence-corrected chi connectivity index (χ3v) is 7.06. The molecule has 1 aromatic carbocycles. The average Bonchev–Trinajstić information content (AvgIpc) is 2.67. The van der Waals surface area contributed by atoms with Crippen molar-refractivity contribution < 1.29 is 13.3 Å². The van der Waals surface area contributed by atoms with E-state index in [4.69, 9.17) is 12.2 Å². The van der Waals surface area contributed by atoms with Gasteiger partial charge < -0.3 is 5.32 Å². The normalized spacial score (nSPS) is 15.2. The highest BCUT2D eigenvalue weighted by Gasteiger charge is 2.27. The molecular weight excluding hydrogens is 402 g/mol. The van der Waals surface area contributed by atoms with Gasteiger partial charge in [0.25, 0.3) is 5.69 Å². The third-order valence-electron chi connectivity index (χ3n) is 4.75. The molecule has 156 valence electrons. The highest BCUT2D eigenvalue weighted by atomic mass is 32.2. The van der Waals surface area contributed by atoms with Crippen LogP contribution in [0.25, 0.3) is 0 Å². The van der Waals surface area contributed by atoms with Gasteiger partial charge in [-0.15, -0.1) is 0 Å². The van der Waals surface area contributed by atoms with E-state index in [1.165, 1.54) is 22.9 Å². The lowest BCUT2D eigenvalue weighted by Gasteiger charge is -2.25. The minimum Gasteiger partial charge on any atom is -0.359 e. The van der Waals surface area contributed by atoms with Gasteiger partial charge in [-0.1, -0.05) is 33.1 Å². The first kappa shape index (κ1) is 22.3. The maximum Gasteiger partial charge on any atom is 0.270 e. The summed E-state index contributed by atoms with van der Waals surface area (Å²) in [6, 6.07) is 3.98. The Labute approximate surface area is 171 Å². The molecule has 0 aliphatic heterocycles. The third kappa shape index (κ3) is 5.52. The van der Waals surface area contributed by atoms with Crippen LogP contribution in [0.2, 0.25) is 0 Å². The molecule has 0 saturated heterocycles. The Morgan fingerprint density at radius 2 is 1.89 bits per heavy atom. The lowest BCUT2D eigenvalue weighted by atomic mass is 9.96. The molecule has 0 heterocycles. The topological polar surface area (TPSA) is 117 Å². The van der Waals surface area contributed by atoms with Crippen LogP contribution in [0, 0.1) is 10.1 Å². The molecule has 2 rings (SSSR count). The van der Waals surface area contributed by atoms with E-state index in [1.54, 1.807) is 13.8 Å². The SMILES string of the molecule is CCN(CC)S(=O)(=O)c1cc([N+](=O)[O-])ccc1NNC(=S)NC1CCCCC1. The monoisotopic (exact) mass is 429 g/mol. The summed E-state index contributed by atoms with van der Waals surface area (Å²) in [6.45, 7) is 3.95. The molecule has 1 fully saturated rings. The number of nitro groups is 1. The van der Waals surface area contributed by atoms with Crippen LogP contribution in [-0.2, 0) is 10.0 Å². The number of rotatable bonds is 8. The van der Waals surface area contributed by atoms with Gasteiger partial charge in [0.1, 0.15) is 4.90 Å². The molecule has 3 N–H and O–H groups in total. The van der Waals surface area contributed by atoms with E-state index in [2.05, 4.69) is 16.2 Å². The number of sulfonamides is 1. The van der Waals surface area contributed by atoms with E-state index in [0.29, 0.717) is 11.2 Å². The number of non-ortho nitro benzene ring substituents is 1. The fraction of sp³-hybridized carbons (Fsp3) is 0.588. The number of hydrazine groups is 1. The Kier molecular flexibility index (Phi) is 7.96. The van der Waals surface area contributed by atoms with Gasteiger partial charge in [0.15, 0.2) is 5.11 Å². The lowest BCUT2D eigenvalue weighted by molar-refractivity contribution is -0.385. The van der Waals surface area contributed by atoms with Gasteiger partial charge in [0.05, 0.1) is 10.6 Å². The maximum atomic E-state index is 12.9. The fourth-order valence-corrected chi connectivity index (χ4v) is 5.08. The van der Waals surface area contributed by atoms with Crippen molar-refractivity contribution in [2.75, 3.05) is 18.5 Å². The molecular formula is C17H27N5O4S2. The molecule has 1 aromatic rings. The molecule has 0 bridgehead atoms. The van der Waals surface area contributed by atoms with Crippen molar-refractivity contribution in [2.45, 2.75) is 56.9 Å². The number of hydrogen-bond acceptors (Lipinski definition) is 6. The number of anilines is 1. The van der Waals surface area contributed by atoms with Gasteiger partial charge in [-0.2, -0.15) is 4.31 Å². The molecule has 11 heteroatoms. The van der Waals surface area contributed by atoms with Gasteiger partial charge >= 0.3 is 0 Å². The van der Waals surface area contributed by atoms with Gasteiger partial charge in [0, 0.05) is 31.3 Å². The lowest BCUT2D eigenvalue weighted by Crippen LogP contribution is -2.45. The molecule has 0 aromatic heterocycles. The van der Waals surface area contributed by atoms with Crippen molar-refractivity contribution in [3.8, 4) is 0 Å². The molecule has 9 nitrogen and oxygen atoms in total. The van der Waals surface area contributed by atoms with E-state index in [9.17, 15) is 18.5 Å². The van der Waals surface area contributed by atoms with Gasteiger partial charge in [0.2, 0.25) is 10.0 Å². The second-order valence-corrected chi connectivity index (χ2v) is 8.90. The summed E-state index contributed by atoms with van der Waals surface area (Å²) in [6.07, 6.45) is 5.62. The van der Waals surface area contributed by atoms with Gasteiger partial charge in [-0.05, 0) is 31.1 Å². The van der Waals surface area contributed by atoms with Crippen LogP contribution in [0.3, 0.4) is 0 Å². The minimum absolute atomic E-state index is 0.168. The number of thiocarbonyl (C=S) groups is 1. The standard InChI is InChI=1S/C17H27N5O4S2/c1-3-21(4-2)28(25,26)16-12-14(22(23)24)10-11-15(16)19-20-17(27)18-13-8-6-5-7-9-13/h10-13,19H,3-9H2,1-2H3,(H2,18,20,27). The van der Waals surface area contributed by atoms with Crippen LogP contribution in [0.5, 0.6) is 0 Å². The summed E-state index contributed by atoms with van der Waals surface area (Å²) in [7, 11) is -3.90. The molecule has 1 aliphatic carbocycles. The largest absolute Gasteiger partial charge is 0.359 e. The number of hydrogen-bond donors (Lipinski definition) is 3. The van der Waals surface area contributed by atoms with E-state index in [1.807, 2.05) is 0 Å². The highest BCUT2D eigenvalue weighted by Crippen LogP contribution is 2.28. The van der Waals surface area contributed by atoms with Gasteiger partial charge in [-0.3, -0.25) is 21.0 Å². The van der Waals surface area contributed by atoms with E-state index >= 15 is 0 Å². The second-order valence-electron chi connectivity index (χ2n) is 6.59. The predicted octanol–water partition coefficient (Wildman–Crippen LogP) is 2.75. The number of nitrogens with one attached hydrogen (secondary N) is 3. The molecule has 0 amide bonds. The average molecular weight is 430 g/mol. The van der Waals surface area contributed by atoms with Crippen LogP contribution in [0.1, 0.15) is 46.0 Å². The Morgan fingerprint density at radius 1 is 1.25 bits per heavy atom. The summed E-state index contributed by atoms with van der Waals surface area (Å²) in [5.74, 6) is 0.